The predicted molar refractivity (Wildman–Crippen MR) is 130 cm³/mol. The number of benzene rings is 1. The number of ketones is 2. The molecule has 0 spiro atoms. The van der Waals surface area contributed by atoms with Crippen LogP contribution in [-0.4, -0.2) is 61.5 Å². The summed E-state index contributed by atoms with van der Waals surface area (Å²) >= 11 is 0. The highest BCUT2D eigenvalue weighted by atomic mass is 16.3. The van der Waals surface area contributed by atoms with Gasteiger partial charge in [-0.25, -0.2) is 0 Å². The molecule has 1 aliphatic heterocycles. The molecule has 0 saturated heterocycles. The number of phenols is 1. The van der Waals surface area contributed by atoms with E-state index in [1.54, 1.807) is 0 Å². The van der Waals surface area contributed by atoms with Gasteiger partial charge in [0.25, 0.3) is 5.91 Å². The number of carbonyl (C=O) groups excluding carboxylic acids is 3. The second kappa shape index (κ2) is 8.60. The number of fused-ring (bicyclic) bond motifs is 3. The predicted octanol–water partition coefficient (Wildman–Crippen LogP) is 1.75. The van der Waals surface area contributed by atoms with Crippen molar-refractivity contribution in [1.82, 2.24) is 4.90 Å². The number of aryl methyl sites for hydroxylation is 1. The van der Waals surface area contributed by atoms with E-state index in [1.807, 2.05) is 13.0 Å². The minimum atomic E-state index is -2.55. The molecule has 190 valence electrons. The third-order valence-corrected chi connectivity index (χ3v) is 8.15. The van der Waals surface area contributed by atoms with Crippen LogP contribution in [-0.2, 0) is 33.8 Å². The normalized spacial score (nSPS) is 28.2. The zero-order valence-corrected chi connectivity index (χ0v) is 20.1. The van der Waals surface area contributed by atoms with Gasteiger partial charge >= 0.3 is 0 Å². The Kier molecular flexibility index (Phi) is 5.80. The number of hydrogen-bond donors (Lipinski definition) is 5. The Morgan fingerprint density at radius 2 is 1.92 bits per heavy atom. The maximum absolute atomic E-state index is 13.7. The number of nitrogens with two attached hydrogens (primary N) is 1. The highest BCUT2D eigenvalue weighted by molar-refractivity contribution is 6.22. The molecule has 1 fully saturated rings. The minimum Gasteiger partial charge on any atom is -0.508 e. The van der Waals surface area contributed by atoms with Crippen LogP contribution < -0.4 is 5.73 Å². The molecule has 6 N–H and O–H groups in total. The Hall–Kier alpha value is -3.43. The summed E-state index contributed by atoms with van der Waals surface area (Å²) in [6, 6.07) is 1.95. The molecule has 9 heteroatoms. The first-order valence-electron chi connectivity index (χ1n) is 12.3. The number of aliphatic hydroxyl groups is 3. The van der Waals surface area contributed by atoms with Crippen LogP contribution in [0.5, 0.6) is 5.75 Å². The summed E-state index contributed by atoms with van der Waals surface area (Å²) in [4.78, 5) is 40.1. The van der Waals surface area contributed by atoms with Crippen molar-refractivity contribution in [3.8, 4) is 5.75 Å². The summed E-state index contributed by atoms with van der Waals surface area (Å²) in [7, 11) is 0. The molecule has 3 unspecified atom stereocenters. The van der Waals surface area contributed by atoms with Crippen LogP contribution in [0.25, 0.3) is 5.76 Å². The lowest BCUT2D eigenvalue weighted by Crippen LogP contribution is -2.58. The molecule has 0 radical (unpaired) electrons. The quantitative estimate of drug-likeness (QED) is 0.312. The summed E-state index contributed by atoms with van der Waals surface area (Å²) in [6.07, 6.45) is 5.87. The van der Waals surface area contributed by atoms with E-state index in [9.17, 15) is 34.8 Å². The van der Waals surface area contributed by atoms with Crippen molar-refractivity contribution in [3.63, 3.8) is 0 Å². The summed E-state index contributed by atoms with van der Waals surface area (Å²) in [6.45, 7) is 4.03. The van der Waals surface area contributed by atoms with Gasteiger partial charge in [0, 0.05) is 43.1 Å². The second-order valence-electron chi connectivity index (χ2n) is 10.2. The van der Waals surface area contributed by atoms with Crippen LogP contribution in [0.1, 0.15) is 48.4 Å². The van der Waals surface area contributed by atoms with Crippen LogP contribution in [0.15, 0.2) is 35.1 Å². The topological polar surface area (TPSA) is 161 Å². The van der Waals surface area contributed by atoms with E-state index in [-0.39, 0.29) is 29.7 Å². The summed E-state index contributed by atoms with van der Waals surface area (Å²) in [5.41, 5.74) is 4.29. The monoisotopic (exact) mass is 494 g/mol. The Labute approximate surface area is 208 Å². The number of amides is 1. The molecule has 4 aliphatic rings. The van der Waals surface area contributed by atoms with Gasteiger partial charge in [-0.15, -0.1) is 0 Å². The molecule has 1 amide bonds. The van der Waals surface area contributed by atoms with E-state index >= 15 is 0 Å². The van der Waals surface area contributed by atoms with E-state index in [1.165, 1.54) is 0 Å². The fraction of sp³-hybridized carbons (Fsp3) is 0.444. The zero-order valence-electron chi connectivity index (χ0n) is 20.1. The van der Waals surface area contributed by atoms with E-state index < -0.39 is 52.0 Å². The molecule has 0 bridgehead atoms. The number of aromatic hydroxyl groups is 1. The molecule has 36 heavy (non-hydrogen) atoms. The molecule has 1 heterocycles. The van der Waals surface area contributed by atoms with Crippen molar-refractivity contribution in [1.29, 1.82) is 0 Å². The second-order valence-corrected chi connectivity index (χ2v) is 10.2. The van der Waals surface area contributed by atoms with Crippen LogP contribution in [0.3, 0.4) is 0 Å². The summed E-state index contributed by atoms with van der Waals surface area (Å²) in [5, 5.41) is 44.7. The van der Waals surface area contributed by atoms with Crippen LogP contribution in [0.2, 0.25) is 0 Å². The lowest BCUT2D eigenvalue weighted by Gasteiger charge is -2.46. The Morgan fingerprint density at radius 3 is 2.56 bits per heavy atom. The largest absolute Gasteiger partial charge is 0.508 e. The van der Waals surface area contributed by atoms with E-state index in [0.717, 1.165) is 30.6 Å². The third kappa shape index (κ3) is 3.41. The van der Waals surface area contributed by atoms with Crippen LogP contribution >= 0.6 is 0 Å². The number of nitrogens with zero attached hydrogens (tertiary/aromatic N) is 1. The van der Waals surface area contributed by atoms with Gasteiger partial charge < -0.3 is 26.2 Å². The first-order chi connectivity index (χ1) is 17.1. The number of rotatable bonds is 4. The van der Waals surface area contributed by atoms with Gasteiger partial charge in [-0.2, -0.15) is 0 Å². The van der Waals surface area contributed by atoms with E-state index in [2.05, 4.69) is 17.1 Å². The van der Waals surface area contributed by atoms with Crippen LogP contribution in [0, 0.1) is 11.8 Å². The smallest absolute Gasteiger partial charge is 0.255 e. The van der Waals surface area contributed by atoms with Gasteiger partial charge in [0.15, 0.2) is 11.4 Å². The van der Waals surface area contributed by atoms with Crippen molar-refractivity contribution < 1.29 is 34.8 Å². The maximum atomic E-state index is 13.7. The molecule has 0 aromatic heterocycles. The fourth-order valence-electron chi connectivity index (χ4n) is 6.34. The number of aliphatic hydroxyl groups excluding tert-OH is 2. The van der Waals surface area contributed by atoms with Gasteiger partial charge in [0.1, 0.15) is 22.8 Å². The number of hydrogen-bond acceptors (Lipinski definition) is 8. The molecule has 5 rings (SSSR count). The fourth-order valence-corrected chi connectivity index (χ4v) is 6.34. The van der Waals surface area contributed by atoms with E-state index in [4.69, 9.17) is 5.73 Å². The van der Waals surface area contributed by atoms with Crippen molar-refractivity contribution in [3.05, 3.63) is 57.4 Å². The average molecular weight is 495 g/mol. The third-order valence-electron chi connectivity index (χ3n) is 8.15. The van der Waals surface area contributed by atoms with Crippen molar-refractivity contribution >= 4 is 23.2 Å². The molecule has 3 atom stereocenters. The molecule has 1 aromatic rings. The SMILES string of the molecule is CCc1cc(CN2CC=CCC2)c(O)c2c1CC1CC3CC(=O)C(C(N)=O)=C(O)C3(O)C(=O)C1=C2O. The number of carbonyl (C=O) groups is 3. The van der Waals surface area contributed by atoms with E-state index in [0.29, 0.717) is 24.9 Å². The summed E-state index contributed by atoms with van der Waals surface area (Å²) < 4.78 is 0. The molecule has 1 saturated carbocycles. The lowest BCUT2D eigenvalue weighted by atomic mass is 9.59. The Bertz CT molecular complexity index is 1290. The highest BCUT2D eigenvalue weighted by Crippen LogP contribution is 2.52. The zero-order chi connectivity index (χ0) is 25.9. The van der Waals surface area contributed by atoms with Gasteiger partial charge in [-0.05, 0) is 42.7 Å². The first kappa shape index (κ1) is 24.3. The molecular weight excluding hydrogens is 464 g/mol. The summed E-state index contributed by atoms with van der Waals surface area (Å²) in [5.74, 6) is -6.01. The maximum Gasteiger partial charge on any atom is 0.255 e. The minimum absolute atomic E-state index is 0.110. The van der Waals surface area contributed by atoms with Crippen molar-refractivity contribution in [2.45, 2.75) is 51.2 Å². The number of primary amides is 1. The van der Waals surface area contributed by atoms with Gasteiger partial charge in [-0.3, -0.25) is 19.3 Å². The number of Topliss-reactive ketones (excluding diaryl/α,β-unsaturated/α-hetero) is 2. The van der Waals surface area contributed by atoms with Crippen molar-refractivity contribution in [2.24, 2.45) is 17.6 Å². The van der Waals surface area contributed by atoms with Gasteiger partial charge in [0.05, 0.1) is 5.56 Å². The van der Waals surface area contributed by atoms with Gasteiger partial charge in [0.2, 0.25) is 5.78 Å². The Balaban J connectivity index is 1.64. The molecular formula is C27H30N2O7. The van der Waals surface area contributed by atoms with Crippen LogP contribution in [0.4, 0.5) is 0 Å². The lowest BCUT2D eigenvalue weighted by molar-refractivity contribution is -0.147. The standard InChI is InChI=1S/C27H30N2O7/c1-2-13-8-15(12-29-6-4-3-5-7-29)22(31)20-17(13)10-14-9-16-11-18(30)21(26(28)35)25(34)27(16,36)24(33)19(14)23(20)32/h3-4,8,14,16,31-32,34,36H,2,5-7,9-12H2,1H3,(H2,28,35). The average Bonchev–Trinajstić information content (AvgIpc) is 2.83. The van der Waals surface area contributed by atoms with Gasteiger partial charge in [-0.1, -0.05) is 25.1 Å². The molecule has 9 nitrogen and oxygen atoms in total. The van der Waals surface area contributed by atoms with Crippen molar-refractivity contribution in [2.75, 3.05) is 13.1 Å². The molecule has 1 aromatic carbocycles. The number of phenolic OH excluding ortho intramolecular Hbond substituents is 1. The Morgan fingerprint density at radius 1 is 1.17 bits per heavy atom. The highest BCUT2D eigenvalue weighted by Gasteiger charge is 2.60. The molecule has 3 aliphatic carbocycles. The first-order valence-corrected chi connectivity index (χ1v) is 12.3.